The van der Waals surface area contributed by atoms with E-state index in [1.54, 1.807) is 6.20 Å². The fraction of sp³-hybridized carbons (Fsp3) is 0.125. The van der Waals surface area contributed by atoms with Crippen molar-refractivity contribution in [2.75, 3.05) is 0 Å². The van der Waals surface area contributed by atoms with Crippen molar-refractivity contribution in [3.63, 3.8) is 0 Å². The Kier molecular flexibility index (Phi) is 4.20. The number of hydrogen-bond donors (Lipinski definition) is 1. The SMILES string of the molecule is O=C(Cc1nnc(-c2ccccc2)o1)NCc1ccccn1. The second-order valence-electron chi connectivity index (χ2n) is 4.64. The van der Waals surface area contributed by atoms with Crippen molar-refractivity contribution in [1.29, 1.82) is 0 Å². The maximum Gasteiger partial charge on any atom is 0.247 e. The number of carbonyl (C=O) groups excluding carboxylic acids is 1. The van der Waals surface area contributed by atoms with Gasteiger partial charge in [-0.05, 0) is 24.3 Å². The Morgan fingerprint density at radius 3 is 2.64 bits per heavy atom. The molecule has 1 N–H and O–H groups in total. The summed E-state index contributed by atoms with van der Waals surface area (Å²) < 4.78 is 5.49. The lowest BCUT2D eigenvalue weighted by Crippen LogP contribution is -2.25. The number of rotatable bonds is 5. The highest BCUT2D eigenvalue weighted by Crippen LogP contribution is 2.16. The highest BCUT2D eigenvalue weighted by Gasteiger charge is 2.12. The van der Waals surface area contributed by atoms with Crippen molar-refractivity contribution in [3.8, 4) is 11.5 Å². The molecule has 1 amide bonds. The molecule has 0 aliphatic rings. The van der Waals surface area contributed by atoms with E-state index < -0.39 is 0 Å². The third-order valence-electron chi connectivity index (χ3n) is 2.99. The number of nitrogens with zero attached hydrogens (tertiary/aromatic N) is 3. The van der Waals surface area contributed by atoms with E-state index in [0.717, 1.165) is 11.3 Å². The molecule has 110 valence electrons. The molecule has 0 bridgehead atoms. The topological polar surface area (TPSA) is 80.9 Å². The molecule has 0 unspecified atom stereocenters. The summed E-state index contributed by atoms with van der Waals surface area (Å²) in [5.74, 6) is 0.513. The normalized spacial score (nSPS) is 10.4. The lowest BCUT2D eigenvalue weighted by Gasteiger charge is -2.02. The fourth-order valence-electron chi connectivity index (χ4n) is 1.91. The molecule has 6 nitrogen and oxygen atoms in total. The minimum atomic E-state index is -0.186. The Balaban J connectivity index is 1.57. The predicted octanol–water partition coefficient (Wildman–Crippen LogP) is 1.99. The summed E-state index contributed by atoms with van der Waals surface area (Å²) in [6.07, 6.45) is 1.73. The predicted molar refractivity (Wildman–Crippen MR) is 79.5 cm³/mol. The molecule has 2 aromatic heterocycles. The van der Waals surface area contributed by atoms with E-state index in [-0.39, 0.29) is 18.2 Å². The number of nitrogens with one attached hydrogen (secondary N) is 1. The number of benzene rings is 1. The summed E-state index contributed by atoms with van der Waals surface area (Å²) in [6, 6.07) is 15.0. The van der Waals surface area contributed by atoms with Gasteiger partial charge in [-0.3, -0.25) is 9.78 Å². The molecule has 0 fully saturated rings. The second kappa shape index (κ2) is 6.62. The summed E-state index contributed by atoms with van der Waals surface area (Å²) in [7, 11) is 0. The summed E-state index contributed by atoms with van der Waals surface area (Å²) >= 11 is 0. The van der Waals surface area contributed by atoms with Crippen LogP contribution in [-0.2, 0) is 17.8 Å². The number of amides is 1. The summed E-state index contributed by atoms with van der Waals surface area (Å²) in [5.41, 5.74) is 1.63. The number of hydrogen-bond acceptors (Lipinski definition) is 5. The maximum atomic E-state index is 11.9. The maximum absolute atomic E-state index is 11.9. The first-order valence-corrected chi connectivity index (χ1v) is 6.85. The van der Waals surface area contributed by atoms with Gasteiger partial charge in [0.1, 0.15) is 6.42 Å². The molecule has 0 aliphatic carbocycles. The Bertz CT molecular complexity index is 741. The summed E-state index contributed by atoms with van der Waals surface area (Å²) in [6.45, 7) is 0.374. The number of carbonyl (C=O) groups is 1. The summed E-state index contributed by atoms with van der Waals surface area (Å²) in [4.78, 5) is 16.0. The lowest BCUT2D eigenvalue weighted by molar-refractivity contribution is -0.120. The van der Waals surface area contributed by atoms with E-state index in [1.807, 2.05) is 48.5 Å². The van der Waals surface area contributed by atoms with Gasteiger partial charge in [-0.1, -0.05) is 24.3 Å². The van der Waals surface area contributed by atoms with Crippen molar-refractivity contribution in [1.82, 2.24) is 20.5 Å². The van der Waals surface area contributed by atoms with Crippen LogP contribution in [-0.4, -0.2) is 21.1 Å². The van der Waals surface area contributed by atoms with E-state index >= 15 is 0 Å². The van der Waals surface area contributed by atoms with Crippen molar-refractivity contribution < 1.29 is 9.21 Å². The van der Waals surface area contributed by atoms with Crippen LogP contribution >= 0.6 is 0 Å². The minimum absolute atomic E-state index is 0.0483. The zero-order chi connectivity index (χ0) is 15.2. The highest BCUT2D eigenvalue weighted by atomic mass is 16.4. The van der Waals surface area contributed by atoms with E-state index in [1.165, 1.54) is 0 Å². The van der Waals surface area contributed by atoms with Crippen molar-refractivity contribution in [2.45, 2.75) is 13.0 Å². The second-order valence-corrected chi connectivity index (χ2v) is 4.64. The average Bonchev–Trinajstić information content (AvgIpc) is 3.03. The van der Waals surface area contributed by atoms with Gasteiger partial charge in [0.25, 0.3) is 0 Å². The smallest absolute Gasteiger partial charge is 0.247 e. The van der Waals surface area contributed by atoms with Crippen LogP contribution in [0.2, 0.25) is 0 Å². The van der Waals surface area contributed by atoms with Crippen molar-refractivity contribution >= 4 is 5.91 Å². The van der Waals surface area contributed by atoms with Crippen LogP contribution in [0.4, 0.5) is 0 Å². The number of pyridine rings is 1. The molecule has 3 aromatic rings. The van der Waals surface area contributed by atoms with Crippen LogP contribution in [0.25, 0.3) is 11.5 Å². The quantitative estimate of drug-likeness (QED) is 0.778. The molecule has 22 heavy (non-hydrogen) atoms. The van der Waals surface area contributed by atoms with Gasteiger partial charge >= 0.3 is 0 Å². The van der Waals surface area contributed by atoms with E-state index in [2.05, 4.69) is 20.5 Å². The van der Waals surface area contributed by atoms with Gasteiger partial charge < -0.3 is 9.73 Å². The van der Waals surface area contributed by atoms with Crippen molar-refractivity contribution in [2.24, 2.45) is 0 Å². The summed E-state index contributed by atoms with van der Waals surface area (Å²) in [5, 5.41) is 10.6. The van der Waals surface area contributed by atoms with E-state index in [9.17, 15) is 4.79 Å². The van der Waals surface area contributed by atoms with Gasteiger partial charge in [-0.2, -0.15) is 0 Å². The molecule has 3 rings (SSSR count). The lowest BCUT2D eigenvalue weighted by atomic mass is 10.2. The first-order chi connectivity index (χ1) is 10.8. The van der Waals surface area contributed by atoms with Gasteiger partial charge in [0.2, 0.25) is 17.7 Å². The van der Waals surface area contributed by atoms with Crippen molar-refractivity contribution in [3.05, 3.63) is 66.3 Å². The van der Waals surface area contributed by atoms with E-state index in [4.69, 9.17) is 4.42 Å². The average molecular weight is 294 g/mol. The van der Waals surface area contributed by atoms with Crippen LogP contribution in [0.1, 0.15) is 11.6 Å². The van der Waals surface area contributed by atoms with Gasteiger partial charge in [0.05, 0.1) is 12.2 Å². The van der Waals surface area contributed by atoms with Crippen LogP contribution in [0.3, 0.4) is 0 Å². The molecule has 0 aliphatic heterocycles. The zero-order valence-electron chi connectivity index (χ0n) is 11.8. The largest absolute Gasteiger partial charge is 0.420 e. The van der Waals surface area contributed by atoms with Gasteiger partial charge in [-0.25, -0.2) is 0 Å². The minimum Gasteiger partial charge on any atom is -0.420 e. The Hall–Kier alpha value is -3.02. The van der Waals surface area contributed by atoms with Crippen LogP contribution in [0.5, 0.6) is 0 Å². The van der Waals surface area contributed by atoms with Gasteiger partial charge in [-0.15, -0.1) is 10.2 Å². The first-order valence-electron chi connectivity index (χ1n) is 6.85. The molecule has 0 saturated carbocycles. The van der Waals surface area contributed by atoms with Gasteiger partial charge in [0.15, 0.2) is 0 Å². The molecule has 1 aromatic carbocycles. The molecule has 0 spiro atoms. The van der Waals surface area contributed by atoms with Crippen LogP contribution in [0, 0.1) is 0 Å². The Labute approximate surface area is 127 Å². The molecule has 2 heterocycles. The third-order valence-corrected chi connectivity index (χ3v) is 2.99. The highest BCUT2D eigenvalue weighted by molar-refractivity contribution is 5.77. The van der Waals surface area contributed by atoms with Gasteiger partial charge in [0, 0.05) is 11.8 Å². The molecule has 0 saturated heterocycles. The third kappa shape index (κ3) is 3.54. The number of aromatic nitrogens is 3. The Morgan fingerprint density at radius 2 is 1.86 bits per heavy atom. The molecular formula is C16H14N4O2. The van der Waals surface area contributed by atoms with Crippen LogP contribution < -0.4 is 5.32 Å². The molecule has 6 heteroatoms. The molecular weight excluding hydrogens is 280 g/mol. The van der Waals surface area contributed by atoms with Crippen LogP contribution in [0.15, 0.2) is 59.1 Å². The molecule has 0 atom stereocenters. The fourth-order valence-corrected chi connectivity index (χ4v) is 1.91. The Morgan fingerprint density at radius 1 is 1.05 bits per heavy atom. The van der Waals surface area contributed by atoms with E-state index in [0.29, 0.717) is 12.4 Å². The molecule has 0 radical (unpaired) electrons. The monoisotopic (exact) mass is 294 g/mol. The zero-order valence-corrected chi connectivity index (χ0v) is 11.8. The first kappa shape index (κ1) is 13.9. The standard InChI is InChI=1S/C16H14N4O2/c21-14(18-11-13-8-4-5-9-17-13)10-15-19-20-16(22-15)12-6-2-1-3-7-12/h1-9H,10-11H2,(H,18,21).